The Morgan fingerprint density at radius 1 is 0.348 bits per heavy atom. The first-order valence-electron chi connectivity index (χ1n) is 36.2. The Bertz CT molecular complexity index is 5980. The van der Waals surface area contributed by atoms with E-state index in [1.54, 1.807) is 10.6 Å². The highest BCUT2D eigenvalue weighted by Crippen LogP contribution is 2.50. The molecule has 13 aromatic carbocycles. The fraction of sp³-hybridized carbons (Fsp3) is 0.0482. The normalized spacial score (nSPS) is 14.6. The van der Waals surface area contributed by atoms with Crippen LogP contribution in [-0.4, -0.2) is 15.8 Å². The summed E-state index contributed by atoms with van der Waals surface area (Å²) in [4.78, 5) is 4.36. The summed E-state index contributed by atoms with van der Waals surface area (Å²) in [7, 11) is 0. The highest BCUT2D eigenvalue weighted by atomic mass is 15.2. The molecule has 0 amide bonds. The molecule has 2 aromatic heterocycles. The molecule has 2 aliphatic rings. The van der Waals surface area contributed by atoms with Gasteiger partial charge in [0.15, 0.2) is 0 Å². The van der Waals surface area contributed by atoms with Gasteiger partial charge < -0.3 is 18.9 Å². The summed E-state index contributed by atoms with van der Waals surface area (Å²) in [6.45, 7) is 5.82. The van der Waals surface area contributed by atoms with E-state index in [1.807, 2.05) is 103 Å². The second-order valence-electron chi connectivity index (χ2n) is 23.9. The first-order chi connectivity index (χ1) is 49.1. The van der Waals surface area contributed by atoms with Crippen LogP contribution in [0.25, 0.3) is 99.5 Å². The van der Waals surface area contributed by atoms with Gasteiger partial charge >= 0.3 is 0 Å². The molecule has 5 nitrogen and oxygen atoms in total. The van der Waals surface area contributed by atoms with Crippen LogP contribution in [0, 0.1) is 11.3 Å². The number of benzene rings is 13. The first-order valence-corrected chi connectivity index (χ1v) is 29.7. The molecular weight excluding hydrogens is 1080 g/mol. The van der Waals surface area contributed by atoms with E-state index in [2.05, 4.69) is 150 Å². The van der Waals surface area contributed by atoms with Gasteiger partial charge in [0.1, 0.15) is 0 Å². The van der Waals surface area contributed by atoms with Crippen molar-refractivity contribution in [1.82, 2.24) is 9.13 Å². The fourth-order valence-electron chi connectivity index (χ4n) is 13.7. The van der Waals surface area contributed by atoms with Crippen molar-refractivity contribution in [3.05, 3.63) is 308 Å². The van der Waals surface area contributed by atoms with Crippen LogP contribution < -0.4 is 26.2 Å². The van der Waals surface area contributed by atoms with E-state index >= 15 is 0 Å². The number of para-hydroxylation sites is 4. The van der Waals surface area contributed by atoms with Gasteiger partial charge in [-0.05, 0) is 163 Å². The number of hydrogen-bond donors (Lipinski definition) is 0. The molecule has 418 valence electrons. The van der Waals surface area contributed by atoms with E-state index < -0.39 is 73.2 Å². The summed E-state index contributed by atoms with van der Waals surface area (Å²) in [6.07, 6.45) is 0. The quantitative estimate of drug-likeness (QED) is 0.142. The number of hydrogen-bond acceptors (Lipinski definition) is 3. The lowest BCUT2D eigenvalue weighted by atomic mass is 9.33. The summed E-state index contributed by atoms with van der Waals surface area (Å²) >= 11 is 0. The van der Waals surface area contributed by atoms with Crippen LogP contribution in [0.5, 0.6) is 0 Å². The molecule has 0 radical (unpaired) electrons. The summed E-state index contributed by atoms with van der Waals surface area (Å²) in [5, 5.41) is 13.3. The van der Waals surface area contributed by atoms with E-state index in [0.29, 0.717) is 45.3 Å². The van der Waals surface area contributed by atoms with Gasteiger partial charge in [-0.1, -0.05) is 227 Å². The molecule has 0 saturated carbocycles. The lowest BCUT2D eigenvalue weighted by Gasteiger charge is -2.45. The van der Waals surface area contributed by atoms with Crippen LogP contribution in [0.1, 0.15) is 49.7 Å². The zero-order valence-corrected chi connectivity index (χ0v) is 48.6. The van der Waals surface area contributed by atoms with Crippen molar-refractivity contribution in [2.24, 2.45) is 0 Å². The summed E-state index contributed by atoms with van der Waals surface area (Å²) < 4.78 is 123. The average Bonchev–Trinajstić information content (AvgIpc) is 0.879. The molecule has 15 aromatic rings. The van der Waals surface area contributed by atoms with E-state index in [0.717, 1.165) is 88.5 Å². The van der Waals surface area contributed by atoms with E-state index in [4.69, 9.17) is 9.60 Å². The van der Waals surface area contributed by atoms with E-state index in [1.165, 1.54) is 0 Å². The Labute approximate surface area is 536 Å². The zero-order valence-electron chi connectivity index (χ0n) is 61.6. The molecule has 6 heteroatoms. The molecule has 2 aliphatic heterocycles. The third kappa shape index (κ3) is 8.45. The Kier molecular flexibility index (Phi) is 9.18. The lowest BCUT2D eigenvalue weighted by molar-refractivity contribution is 0.590. The molecule has 0 atom stereocenters. The number of fused-ring (bicyclic) bond motifs is 10. The van der Waals surface area contributed by atoms with Gasteiger partial charge in [0, 0.05) is 67.0 Å². The van der Waals surface area contributed by atoms with Gasteiger partial charge in [0.2, 0.25) is 0 Å². The van der Waals surface area contributed by atoms with Crippen LogP contribution in [0.4, 0.5) is 34.1 Å². The fourth-order valence-corrected chi connectivity index (χ4v) is 13.7. The van der Waals surface area contributed by atoms with Gasteiger partial charge in [-0.15, -0.1) is 0 Å². The van der Waals surface area contributed by atoms with Gasteiger partial charge in [-0.25, -0.2) is 0 Å². The number of aromatic nitrogens is 2. The van der Waals surface area contributed by atoms with Crippen LogP contribution in [0.15, 0.2) is 297 Å². The summed E-state index contributed by atoms with van der Waals surface area (Å²) in [6, 6.07) is 69.3. The third-order valence-electron chi connectivity index (χ3n) is 17.7. The predicted molar refractivity (Wildman–Crippen MR) is 374 cm³/mol. The number of rotatable bonds is 8. The van der Waals surface area contributed by atoms with Crippen molar-refractivity contribution in [3.8, 4) is 62.0 Å². The topological polar surface area (TPSA) is 40.1 Å². The molecule has 0 unspecified atom stereocenters. The molecule has 0 N–H and O–H groups in total. The smallest absolute Gasteiger partial charge is 0.252 e. The van der Waals surface area contributed by atoms with Crippen molar-refractivity contribution in [1.29, 1.82) is 5.26 Å². The molecule has 0 fully saturated rings. The molecule has 4 heterocycles. The molecular formula is C83H58BN5. The Morgan fingerprint density at radius 2 is 0.820 bits per heavy atom. The predicted octanol–water partition coefficient (Wildman–Crippen LogP) is 19.8. The minimum absolute atomic E-state index is 0.00540. The Balaban J connectivity index is 1.04. The van der Waals surface area contributed by atoms with Crippen LogP contribution >= 0.6 is 0 Å². The summed E-state index contributed by atoms with van der Waals surface area (Å²) in [5.74, 6) is 0. The standard InChI is InChI=1S/C83H58BN5/c1-83(2,3)63-38-35-58(36-39-63)62-49-80-82-81(50-62)89(67-46-60(56-23-9-5-10-24-56)45-61(47-67)57-25-11-6-12-26-57)79-52-64(86-74-31-17-13-27-68(74)69-28-14-18-32-75(69)86)40-42-73(79)84(82)72-41-37-59(55-21-7-4-8-22-55)48-78(72)88(80)66-44-54(53-85)43-65(51-66)87-76-33-19-15-29-70(76)71-30-16-20-34-77(71)87/h4-52H,1-3H3/i4D,7D,8D,13D,14D,17D,18D,21D,22D,27D,28D,31D,32D. The van der Waals surface area contributed by atoms with Crippen molar-refractivity contribution in [2.75, 3.05) is 9.80 Å². The summed E-state index contributed by atoms with van der Waals surface area (Å²) in [5.41, 5.74) is 15.9. The van der Waals surface area contributed by atoms with Gasteiger partial charge in [-0.2, -0.15) is 5.26 Å². The Hall–Kier alpha value is -11.4. The third-order valence-corrected chi connectivity index (χ3v) is 17.7. The van der Waals surface area contributed by atoms with Crippen molar-refractivity contribution in [2.45, 2.75) is 26.2 Å². The average molecular weight is 1150 g/mol. The van der Waals surface area contributed by atoms with Gasteiger partial charge in [-0.3, -0.25) is 0 Å². The largest absolute Gasteiger partial charge is 0.311 e. The van der Waals surface area contributed by atoms with E-state index in [9.17, 15) is 13.5 Å². The zero-order chi connectivity index (χ0) is 70.8. The van der Waals surface area contributed by atoms with Gasteiger partial charge in [0.05, 0.1) is 51.5 Å². The maximum Gasteiger partial charge on any atom is 0.252 e. The van der Waals surface area contributed by atoms with E-state index in [-0.39, 0.29) is 44.9 Å². The highest BCUT2D eigenvalue weighted by Gasteiger charge is 2.44. The Morgan fingerprint density at radius 3 is 1.42 bits per heavy atom. The molecule has 0 bridgehead atoms. The van der Waals surface area contributed by atoms with Crippen molar-refractivity contribution >= 4 is 101 Å². The van der Waals surface area contributed by atoms with Crippen molar-refractivity contribution < 1.29 is 17.8 Å². The molecule has 0 spiro atoms. The lowest BCUT2D eigenvalue weighted by Crippen LogP contribution is -2.61. The SMILES string of the molecule is [2H]c1c([2H])c([2H])c(-c2ccc3c(c2)N(c2cc(C#N)cc(-n4c5ccccc5c5ccccc54)c2)c2cc(-c4ccc(C(C)(C)C)cc4)cc4c2B3c2ccc(-n3c5c([2H])c([2H])c([2H])c([2H])c5c5c([2H])c([2H])c([2H])c([2H])c53)cc2N4c2cc(-c3ccccc3)cc(-c3ccccc3)c2)c([2H])c1[2H]. The molecule has 0 saturated heterocycles. The van der Waals surface area contributed by atoms with Crippen LogP contribution in [-0.2, 0) is 5.41 Å². The molecule has 0 aliphatic carbocycles. The van der Waals surface area contributed by atoms with Crippen LogP contribution in [0.3, 0.4) is 0 Å². The maximum atomic E-state index is 11.4. The van der Waals surface area contributed by atoms with Crippen LogP contribution in [0.2, 0.25) is 0 Å². The minimum Gasteiger partial charge on any atom is -0.311 e. The molecule has 17 rings (SSSR count). The molecule has 89 heavy (non-hydrogen) atoms. The number of nitrogens with zero attached hydrogens (tertiary/aromatic N) is 5. The van der Waals surface area contributed by atoms with Gasteiger partial charge in [0.25, 0.3) is 6.71 Å². The first kappa shape index (κ1) is 40.1. The minimum atomic E-state index is -0.692. The number of nitriles is 1. The van der Waals surface area contributed by atoms with Crippen molar-refractivity contribution in [3.63, 3.8) is 0 Å². The monoisotopic (exact) mass is 1150 g/mol. The second-order valence-corrected chi connectivity index (χ2v) is 23.9. The highest BCUT2D eigenvalue weighted by molar-refractivity contribution is 7.00. The maximum absolute atomic E-state index is 11.4. The second kappa shape index (κ2) is 20.4. The number of anilines is 6.